The zero-order valence-corrected chi connectivity index (χ0v) is 8.37. The molecule has 1 aliphatic rings. The third-order valence-corrected chi connectivity index (χ3v) is 3.18. The number of rotatable bonds is 3. The van der Waals surface area contributed by atoms with E-state index in [1.165, 1.54) is 42.5 Å². The number of benzene rings is 1. The lowest BCUT2D eigenvalue weighted by atomic mass is 10.1. The van der Waals surface area contributed by atoms with Gasteiger partial charge in [0.25, 0.3) is 0 Å². The molecule has 0 spiro atoms. The van der Waals surface area contributed by atoms with Gasteiger partial charge in [0.1, 0.15) is 0 Å². The van der Waals surface area contributed by atoms with Gasteiger partial charge in [0.2, 0.25) is 0 Å². The fraction of sp³-hybridized carbons (Fsp3) is 0.500. The molecule has 0 atom stereocenters. The van der Waals surface area contributed by atoms with Gasteiger partial charge >= 0.3 is 0 Å². The number of hydrogen-bond acceptors (Lipinski definition) is 0. The Bertz CT molecular complexity index is 262. The molecule has 2 rings (SSSR count). The topological polar surface area (TPSA) is 0 Å². The molecule has 0 bridgehead atoms. The molecule has 1 aliphatic heterocycles. The molecule has 1 aromatic rings. The minimum Gasteiger partial charge on any atom is -0.325 e. The van der Waals surface area contributed by atoms with Crippen molar-refractivity contribution in [2.24, 2.45) is 0 Å². The molecular weight excluding hydrogens is 158 g/mol. The van der Waals surface area contributed by atoms with Gasteiger partial charge in [-0.25, -0.2) is 0 Å². The second kappa shape index (κ2) is 3.51. The van der Waals surface area contributed by atoms with E-state index < -0.39 is 0 Å². The lowest BCUT2D eigenvalue weighted by molar-refractivity contribution is -0.945. The van der Waals surface area contributed by atoms with E-state index in [1.807, 2.05) is 0 Å². The van der Waals surface area contributed by atoms with Crippen LogP contribution in [-0.4, -0.2) is 31.2 Å². The van der Waals surface area contributed by atoms with Gasteiger partial charge in [-0.15, -0.1) is 0 Å². The summed E-state index contributed by atoms with van der Waals surface area (Å²) in [5.74, 6) is 0. The highest BCUT2D eigenvalue weighted by atomic mass is 15.4. The van der Waals surface area contributed by atoms with E-state index in [4.69, 9.17) is 0 Å². The van der Waals surface area contributed by atoms with Crippen molar-refractivity contribution in [3.63, 3.8) is 0 Å². The lowest BCUT2D eigenvalue weighted by Gasteiger charge is -2.42. The monoisotopic (exact) mass is 176 g/mol. The van der Waals surface area contributed by atoms with Crippen LogP contribution >= 0.6 is 0 Å². The van der Waals surface area contributed by atoms with Gasteiger partial charge in [0, 0.05) is 12.8 Å². The Morgan fingerprint density at radius 2 is 1.85 bits per heavy atom. The number of nitrogens with zero attached hydrogens (tertiary/aromatic N) is 1. The number of likely N-dealkylation sites (N-methyl/N-ethyl adjacent to an activating group) is 1. The highest BCUT2D eigenvalue weighted by Gasteiger charge is 2.29. The molecule has 0 saturated carbocycles. The van der Waals surface area contributed by atoms with E-state index in [0.717, 1.165) is 0 Å². The van der Waals surface area contributed by atoms with Crippen molar-refractivity contribution in [3.8, 4) is 0 Å². The summed E-state index contributed by atoms with van der Waals surface area (Å²) in [5.41, 5.74) is 1.48. The van der Waals surface area contributed by atoms with Crippen molar-refractivity contribution in [2.45, 2.75) is 12.8 Å². The Labute approximate surface area is 80.6 Å². The molecule has 1 aromatic carbocycles. The van der Waals surface area contributed by atoms with Gasteiger partial charge in [-0.05, 0) is 5.56 Å². The molecule has 1 heteroatoms. The van der Waals surface area contributed by atoms with E-state index in [1.54, 1.807) is 0 Å². The molecule has 1 fully saturated rings. The highest BCUT2D eigenvalue weighted by Crippen LogP contribution is 2.17. The van der Waals surface area contributed by atoms with E-state index in [9.17, 15) is 0 Å². The smallest absolute Gasteiger partial charge is 0.0839 e. The second-order valence-corrected chi connectivity index (χ2v) is 4.38. The Morgan fingerprint density at radius 1 is 1.15 bits per heavy atom. The Kier molecular flexibility index (Phi) is 2.36. The first kappa shape index (κ1) is 8.76. The first-order valence-electron chi connectivity index (χ1n) is 5.16. The molecule has 1 saturated heterocycles. The first-order valence-corrected chi connectivity index (χ1v) is 5.16. The van der Waals surface area contributed by atoms with Gasteiger partial charge in [-0.1, -0.05) is 30.3 Å². The fourth-order valence-corrected chi connectivity index (χ4v) is 1.97. The molecule has 0 amide bonds. The predicted octanol–water partition coefficient (Wildman–Crippen LogP) is 2.08. The van der Waals surface area contributed by atoms with Gasteiger partial charge < -0.3 is 4.48 Å². The van der Waals surface area contributed by atoms with Gasteiger partial charge in [0.05, 0.1) is 26.7 Å². The van der Waals surface area contributed by atoms with Crippen molar-refractivity contribution in [1.82, 2.24) is 0 Å². The zero-order valence-electron chi connectivity index (χ0n) is 8.37. The lowest BCUT2D eigenvalue weighted by Crippen LogP contribution is -2.55. The first-order chi connectivity index (χ1) is 6.29. The molecule has 0 N–H and O–H groups in total. The maximum absolute atomic E-state index is 2.37. The molecule has 0 radical (unpaired) electrons. The van der Waals surface area contributed by atoms with Gasteiger partial charge in [-0.2, -0.15) is 0 Å². The van der Waals surface area contributed by atoms with Gasteiger partial charge in [0.15, 0.2) is 0 Å². The third kappa shape index (κ3) is 2.10. The number of quaternary nitrogens is 1. The van der Waals surface area contributed by atoms with Crippen LogP contribution in [0.15, 0.2) is 30.3 Å². The molecule has 0 aromatic heterocycles. The Balaban J connectivity index is 1.86. The van der Waals surface area contributed by atoms with E-state index in [0.29, 0.717) is 0 Å². The summed E-state index contributed by atoms with van der Waals surface area (Å²) in [7, 11) is 2.37. The predicted molar refractivity (Wildman–Crippen MR) is 55.5 cm³/mol. The van der Waals surface area contributed by atoms with Crippen molar-refractivity contribution >= 4 is 0 Å². The van der Waals surface area contributed by atoms with Crippen LogP contribution < -0.4 is 0 Å². The summed E-state index contributed by atoms with van der Waals surface area (Å²) in [5, 5.41) is 0. The standard InChI is InChI=1S/C12H18N/c1-13(9-5-10-13)11-8-12-6-3-2-4-7-12/h2-4,6-7H,5,8-11H2,1H3/q+1. The van der Waals surface area contributed by atoms with Crippen molar-refractivity contribution in [2.75, 3.05) is 26.7 Å². The molecule has 1 nitrogen and oxygen atoms in total. The van der Waals surface area contributed by atoms with E-state index >= 15 is 0 Å². The molecule has 1 heterocycles. The Hall–Kier alpha value is -0.820. The van der Waals surface area contributed by atoms with Crippen LogP contribution in [0.5, 0.6) is 0 Å². The van der Waals surface area contributed by atoms with Crippen molar-refractivity contribution in [3.05, 3.63) is 35.9 Å². The zero-order chi connectivity index (χ0) is 9.15. The number of hydrogen-bond donors (Lipinski definition) is 0. The summed E-state index contributed by atoms with van der Waals surface area (Å²) in [6, 6.07) is 10.8. The Morgan fingerprint density at radius 3 is 2.38 bits per heavy atom. The summed E-state index contributed by atoms with van der Waals surface area (Å²) < 4.78 is 1.29. The van der Waals surface area contributed by atoms with Crippen LogP contribution in [0.25, 0.3) is 0 Å². The van der Waals surface area contributed by atoms with Crippen LogP contribution in [0.4, 0.5) is 0 Å². The third-order valence-electron chi connectivity index (χ3n) is 3.18. The summed E-state index contributed by atoms with van der Waals surface area (Å²) in [6.07, 6.45) is 2.66. The minimum absolute atomic E-state index is 1.23. The van der Waals surface area contributed by atoms with E-state index in [2.05, 4.69) is 37.4 Å². The average molecular weight is 176 g/mol. The molecule has 0 unspecified atom stereocenters. The number of likely N-dealkylation sites (tertiary alicyclic amines) is 1. The summed E-state index contributed by atoms with van der Waals surface area (Å²) in [6.45, 7) is 4.07. The van der Waals surface area contributed by atoms with Crippen LogP contribution in [0.3, 0.4) is 0 Å². The molecule has 70 valence electrons. The van der Waals surface area contributed by atoms with Crippen molar-refractivity contribution in [1.29, 1.82) is 0 Å². The quantitative estimate of drug-likeness (QED) is 0.619. The minimum atomic E-state index is 1.23. The van der Waals surface area contributed by atoms with Gasteiger partial charge in [-0.3, -0.25) is 0 Å². The molecule has 0 aliphatic carbocycles. The molecule has 13 heavy (non-hydrogen) atoms. The molecular formula is C12H18N+. The van der Waals surface area contributed by atoms with Crippen molar-refractivity contribution < 1.29 is 4.48 Å². The van der Waals surface area contributed by atoms with Crippen LogP contribution in [0, 0.1) is 0 Å². The maximum atomic E-state index is 2.37. The fourth-order valence-electron chi connectivity index (χ4n) is 1.97. The largest absolute Gasteiger partial charge is 0.325 e. The maximum Gasteiger partial charge on any atom is 0.0839 e. The van der Waals surface area contributed by atoms with Crippen LogP contribution in [0.2, 0.25) is 0 Å². The van der Waals surface area contributed by atoms with Crippen LogP contribution in [-0.2, 0) is 6.42 Å². The SMILES string of the molecule is C[N+]1(CCc2ccccc2)CCC1. The summed E-state index contributed by atoms with van der Waals surface area (Å²) in [4.78, 5) is 0. The van der Waals surface area contributed by atoms with E-state index in [-0.39, 0.29) is 0 Å². The summed E-state index contributed by atoms with van der Waals surface area (Å²) >= 11 is 0. The highest BCUT2D eigenvalue weighted by molar-refractivity contribution is 5.14. The van der Waals surface area contributed by atoms with Crippen LogP contribution in [0.1, 0.15) is 12.0 Å². The normalized spacial score (nSPS) is 19.5. The average Bonchev–Trinajstić information content (AvgIpc) is 2.13. The second-order valence-electron chi connectivity index (χ2n) is 4.38.